The molecule has 3 nitrogen and oxygen atoms in total. The molecule has 5 heteroatoms. The topological polar surface area (TPSA) is 38.3 Å². The molecule has 20 heavy (non-hydrogen) atoms. The molecule has 0 amide bonds. The number of carbonyl (C=O) groups is 1. The summed E-state index contributed by atoms with van der Waals surface area (Å²) >= 11 is 8.17. The molecule has 0 aromatic heterocycles. The highest BCUT2D eigenvalue weighted by Gasteiger charge is 2.28. The predicted octanol–water partition coefficient (Wildman–Crippen LogP) is 4.07. The number of carbonyl (C=O) groups excluding carboxylic acids is 1. The Morgan fingerprint density at radius 3 is 2.90 bits per heavy atom. The number of ether oxygens (including phenoxy) is 1. The molecule has 2 rings (SSSR count). The molecule has 1 saturated heterocycles. The van der Waals surface area contributed by atoms with Gasteiger partial charge in [0, 0.05) is 11.8 Å². The van der Waals surface area contributed by atoms with Crippen LogP contribution in [0.1, 0.15) is 30.6 Å². The first-order valence-electron chi connectivity index (χ1n) is 6.63. The third kappa shape index (κ3) is 3.83. The van der Waals surface area contributed by atoms with E-state index in [0.29, 0.717) is 22.0 Å². The van der Waals surface area contributed by atoms with Gasteiger partial charge >= 0.3 is 5.97 Å². The minimum Gasteiger partial charge on any atom is -0.465 e. The average Bonchev–Trinajstić information content (AvgIpc) is 2.39. The van der Waals surface area contributed by atoms with Crippen LogP contribution in [0.25, 0.3) is 0 Å². The lowest BCUT2D eigenvalue weighted by Crippen LogP contribution is -2.35. The number of esters is 1. The molecule has 1 aromatic carbocycles. The van der Waals surface area contributed by atoms with Gasteiger partial charge in [0.2, 0.25) is 0 Å². The zero-order chi connectivity index (χ0) is 14.8. The van der Waals surface area contributed by atoms with E-state index in [0.717, 1.165) is 17.9 Å². The van der Waals surface area contributed by atoms with Crippen molar-refractivity contribution in [1.82, 2.24) is 0 Å². The fraction of sp³-hybridized carbons (Fsp3) is 0.533. The first-order chi connectivity index (χ1) is 9.41. The zero-order valence-electron chi connectivity index (χ0n) is 12.0. The van der Waals surface area contributed by atoms with Crippen molar-refractivity contribution in [3.05, 3.63) is 28.8 Å². The molecule has 0 aliphatic carbocycles. The minimum absolute atomic E-state index is 0.326. The van der Waals surface area contributed by atoms with Crippen LogP contribution < -0.4 is 5.32 Å². The summed E-state index contributed by atoms with van der Waals surface area (Å²) in [6, 6.07) is 5.55. The summed E-state index contributed by atoms with van der Waals surface area (Å²) < 4.78 is 4.74. The molecule has 1 aliphatic heterocycles. The summed E-state index contributed by atoms with van der Waals surface area (Å²) in [6.45, 7) is 4.56. The van der Waals surface area contributed by atoms with Gasteiger partial charge in [0.15, 0.2) is 0 Å². The molecule has 1 atom stereocenters. The van der Waals surface area contributed by atoms with Crippen molar-refractivity contribution in [3.8, 4) is 0 Å². The largest absolute Gasteiger partial charge is 0.465 e. The zero-order valence-corrected chi connectivity index (χ0v) is 13.6. The smallest absolute Gasteiger partial charge is 0.337 e. The molecule has 0 spiro atoms. The first-order valence-corrected chi connectivity index (χ1v) is 8.17. The Kier molecular flexibility index (Phi) is 4.86. The van der Waals surface area contributed by atoms with Crippen LogP contribution in [-0.2, 0) is 4.74 Å². The number of hydrogen-bond acceptors (Lipinski definition) is 4. The maximum atomic E-state index is 11.6. The Hall–Kier alpha value is -0.870. The number of hydrogen-bond donors (Lipinski definition) is 1. The summed E-state index contributed by atoms with van der Waals surface area (Å²) in [6.07, 6.45) is 1.10. The fourth-order valence-corrected chi connectivity index (χ4v) is 3.90. The molecule has 0 radical (unpaired) electrons. The van der Waals surface area contributed by atoms with Crippen LogP contribution in [0.5, 0.6) is 0 Å². The third-order valence-corrected chi connectivity index (χ3v) is 5.31. The Bertz CT molecular complexity index is 505. The Morgan fingerprint density at radius 1 is 1.50 bits per heavy atom. The predicted molar refractivity (Wildman–Crippen MR) is 85.9 cm³/mol. The lowest BCUT2D eigenvalue weighted by molar-refractivity contribution is 0.0601. The van der Waals surface area contributed by atoms with Crippen molar-refractivity contribution >= 4 is 35.0 Å². The summed E-state index contributed by atoms with van der Waals surface area (Å²) in [7, 11) is 1.38. The van der Waals surface area contributed by atoms with Gasteiger partial charge < -0.3 is 10.1 Å². The van der Waals surface area contributed by atoms with Gasteiger partial charge in [-0.05, 0) is 35.8 Å². The Morgan fingerprint density at radius 2 is 2.25 bits per heavy atom. The van der Waals surface area contributed by atoms with Crippen LogP contribution in [0.4, 0.5) is 5.69 Å². The Labute approximate surface area is 129 Å². The van der Waals surface area contributed by atoms with Crippen LogP contribution in [0.15, 0.2) is 18.2 Å². The van der Waals surface area contributed by atoms with E-state index in [1.807, 2.05) is 11.8 Å². The normalized spacial score (nSPS) is 21.3. The van der Waals surface area contributed by atoms with Crippen LogP contribution in [0.2, 0.25) is 5.02 Å². The minimum atomic E-state index is -0.344. The molecular weight excluding hydrogens is 294 g/mol. The standard InChI is InChI=1S/C15H20ClNO2S/c1-15(2)7-11(8-20-9-15)17-13-6-10(14(18)19-3)4-5-12(13)16/h4-6,11,17H,7-9H2,1-3H3. The van der Waals surface area contributed by atoms with Crippen molar-refractivity contribution in [2.24, 2.45) is 5.41 Å². The molecule has 1 heterocycles. The molecule has 1 aliphatic rings. The van der Waals surface area contributed by atoms with Gasteiger partial charge in [-0.25, -0.2) is 4.79 Å². The van der Waals surface area contributed by atoms with E-state index in [9.17, 15) is 4.79 Å². The molecule has 1 fully saturated rings. The molecule has 0 bridgehead atoms. The van der Waals surface area contributed by atoms with Crippen molar-refractivity contribution in [1.29, 1.82) is 0 Å². The van der Waals surface area contributed by atoms with E-state index in [1.165, 1.54) is 12.9 Å². The quantitative estimate of drug-likeness (QED) is 0.854. The van der Waals surface area contributed by atoms with Gasteiger partial charge in [-0.2, -0.15) is 11.8 Å². The SMILES string of the molecule is COC(=O)c1ccc(Cl)c(NC2CSCC(C)(C)C2)c1. The van der Waals surface area contributed by atoms with Crippen LogP contribution in [0.3, 0.4) is 0 Å². The maximum Gasteiger partial charge on any atom is 0.337 e. The van der Waals surface area contributed by atoms with Crippen molar-refractivity contribution in [2.75, 3.05) is 23.9 Å². The maximum absolute atomic E-state index is 11.6. The van der Waals surface area contributed by atoms with E-state index in [2.05, 4.69) is 19.2 Å². The molecular formula is C15H20ClNO2S. The van der Waals surface area contributed by atoms with Gasteiger partial charge in [-0.1, -0.05) is 25.4 Å². The summed E-state index contributed by atoms with van der Waals surface area (Å²) in [5.41, 5.74) is 1.65. The molecule has 110 valence electrons. The Balaban J connectivity index is 2.14. The van der Waals surface area contributed by atoms with Gasteiger partial charge in [0.05, 0.1) is 23.4 Å². The van der Waals surface area contributed by atoms with E-state index >= 15 is 0 Å². The number of nitrogens with one attached hydrogen (secondary N) is 1. The third-order valence-electron chi connectivity index (χ3n) is 3.36. The number of halogens is 1. The van der Waals surface area contributed by atoms with Crippen LogP contribution >= 0.6 is 23.4 Å². The van der Waals surface area contributed by atoms with E-state index in [1.54, 1.807) is 18.2 Å². The van der Waals surface area contributed by atoms with Gasteiger partial charge in [-0.3, -0.25) is 0 Å². The second-order valence-electron chi connectivity index (χ2n) is 5.91. The second kappa shape index (κ2) is 6.27. The lowest BCUT2D eigenvalue weighted by Gasteiger charge is -2.35. The van der Waals surface area contributed by atoms with Crippen molar-refractivity contribution in [3.63, 3.8) is 0 Å². The van der Waals surface area contributed by atoms with Crippen molar-refractivity contribution < 1.29 is 9.53 Å². The highest BCUT2D eigenvalue weighted by atomic mass is 35.5. The molecule has 1 aromatic rings. The monoisotopic (exact) mass is 313 g/mol. The van der Waals surface area contributed by atoms with Crippen LogP contribution in [-0.4, -0.2) is 30.6 Å². The average molecular weight is 314 g/mol. The second-order valence-corrected chi connectivity index (χ2v) is 7.35. The molecule has 0 saturated carbocycles. The van der Waals surface area contributed by atoms with E-state index < -0.39 is 0 Å². The van der Waals surface area contributed by atoms with Gasteiger partial charge in [0.1, 0.15) is 0 Å². The summed E-state index contributed by atoms with van der Waals surface area (Å²) in [5, 5.41) is 4.09. The van der Waals surface area contributed by atoms with Crippen LogP contribution in [0, 0.1) is 5.41 Å². The highest BCUT2D eigenvalue weighted by Crippen LogP contribution is 2.35. The summed E-state index contributed by atoms with van der Waals surface area (Å²) in [4.78, 5) is 11.6. The number of methoxy groups -OCH3 is 1. The van der Waals surface area contributed by atoms with Crippen molar-refractivity contribution in [2.45, 2.75) is 26.3 Å². The number of anilines is 1. The van der Waals surface area contributed by atoms with Gasteiger partial charge in [0.25, 0.3) is 0 Å². The highest BCUT2D eigenvalue weighted by molar-refractivity contribution is 7.99. The number of thioether (sulfide) groups is 1. The number of rotatable bonds is 3. The van der Waals surface area contributed by atoms with Gasteiger partial charge in [-0.15, -0.1) is 0 Å². The molecule has 1 unspecified atom stereocenters. The van der Waals surface area contributed by atoms with E-state index in [-0.39, 0.29) is 5.97 Å². The molecule has 1 N–H and O–H groups in total. The lowest BCUT2D eigenvalue weighted by atomic mass is 9.88. The number of benzene rings is 1. The first kappa shape index (κ1) is 15.5. The fourth-order valence-electron chi connectivity index (χ4n) is 2.46. The van der Waals surface area contributed by atoms with E-state index in [4.69, 9.17) is 16.3 Å². The summed E-state index contributed by atoms with van der Waals surface area (Å²) in [5.74, 6) is 1.90.